The molecule has 160 valence electrons. The molecular weight excluding hydrogens is 405 g/mol. The van der Waals surface area contributed by atoms with Crippen molar-refractivity contribution in [2.45, 2.75) is 19.0 Å². The Morgan fingerprint density at radius 3 is 2.71 bits per heavy atom. The van der Waals surface area contributed by atoms with E-state index in [0.29, 0.717) is 47.3 Å². The average molecular weight is 426 g/mol. The van der Waals surface area contributed by atoms with Crippen LogP contribution < -0.4 is 10.2 Å². The topological polar surface area (TPSA) is 52.6 Å². The number of carbonyl (C=O) groups excluding carboxylic acids is 1. The minimum atomic E-state index is -4.43. The van der Waals surface area contributed by atoms with E-state index in [-0.39, 0.29) is 11.7 Å². The lowest BCUT2D eigenvalue weighted by molar-refractivity contribution is -0.137. The van der Waals surface area contributed by atoms with Gasteiger partial charge in [-0.25, -0.2) is 0 Å². The molecule has 0 bridgehead atoms. The molecule has 0 saturated heterocycles. The minimum Gasteiger partial charge on any atom is -0.508 e. The number of hydrogen-bond donors (Lipinski definition) is 2. The predicted octanol–water partition coefficient (Wildman–Crippen LogP) is 5.82. The minimum absolute atomic E-state index is 0.0914. The number of benzene rings is 3. The first kappa shape index (κ1) is 20.8. The monoisotopic (exact) mass is 426 g/mol. The summed E-state index contributed by atoms with van der Waals surface area (Å²) in [6.07, 6.45) is -1.68. The molecule has 0 unspecified atom stereocenters. The zero-order chi connectivity index (χ0) is 22.2. The van der Waals surface area contributed by atoms with Gasteiger partial charge in [0.15, 0.2) is 0 Å². The standard InChI is InChI=1S/C24H21F3N2O2/c1-29-11-3-5-16(19-10-8-17(13-22(19)29)24(25,26)27)12-23(31)28-21-6-2-4-15-7-9-18(30)14-20(15)21/h2,4,6-10,12-14,30H,3,5,11H2,1H3,(H,28,31)/b16-12+. The SMILES string of the molecule is CN1CCC/C(=C\C(=O)Nc2cccc3ccc(O)cc23)c2ccc(C(F)(F)F)cc21. The fraction of sp³-hybridized carbons (Fsp3) is 0.208. The van der Waals surface area contributed by atoms with E-state index in [2.05, 4.69) is 5.32 Å². The van der Waals surface area contributed by atoms with Gasteiger partial charge in [0.05, 0.1) is 5.56 Å². The van der Waals surface area contributed by atoms with Gasteiger partial charge >= 0.3 is 6.18 Å². The average Bonchev–Trinajstić information content (AvgIpc) is 2.86. The molecule has 2 N–H and O–H groups in total. The molecule has 4 nitrogen and oxygen atoms in total. The normalized spacial score (nSPS) is 15.6. The molecule has 0 aliphatic carbocycles. The molecule has 1 amide bonds. The molecule has 1 aliphatic heterocycles. The summed E-state index contributed by atoms with van der Waals surface area (Å²) in [4.78, 5) is 14.6. The summed E-state index contributed by atoms with van der Waals surface area (Å²) in [6.45, 7) is 0.593. The van der Waals surface area contributed by atoms with Crippen molar-refractivity contribution >= 4 is 33.6 Å². The summed E-state index contributed by atoms with van der Waals surface area (Å²) in [5.74, 6) is -0.282. The van der Waals surface area contributed by atoms with Gasteiger partial charge in [0.2, 0.25) is 5.91 Å². The van der Waals surface area contributed by atoms with Crippen molar-refractivity contribution in [3.05, 3.63) is 71.8 Å². The highest BCUT2D eigenvalue weighted by molar-refractivity contribution is 6.09. The molecule has 0 aromatic heterocycles. The summed E-state index contributed by atoms with van der Waals surface area (Å²) in [5, 5.41) is 14.2. The van der Waals surface area contributed by atoms with Gasteiger partial charge in [-0.2, -0.15) is 13.2 Å². The lowest BCUT2D eigenvalue weighted by Crippen LogP contribution is -2.18. The van der Waals surface area contributed by atoms with Crippen LogP contribution in [-0.2, 0) is 11.0 Å². The molecular formula is C24H21F3N2O2. The van der Waals surface area contributed by atoms with Crippen molar-refractivity contribution in [2.75, 3.05) is 23.8 Å². The Morgan fingerprint density at radius 1 is 1.13 bits per heavy atom. The molecule has 1 aliphatic rings. The van der Waals surface area contributed by atoms with Crippen LogP contribution in [0.2, 0.25) is 0 Å². The fourth-order valence-corrected chi connectivity index (χ4v) is 3.90. The second-order valence-electron chi connectivity index (χ2n) is 7.62. The number of allylic oxidation sites excluding steroid dienone is 1. The van der Waals surface area contributed by atoms with Gasteiger partial charge < -0.3 is 15.3 Å². The highest BCUT2D eigenvalue weighted by Crippen LogP contribution is 2.38. The number of nitrogens with one attached hydrogen (secondary N) is 1. The van der Waals surface area contributed by atoms with E-state index in [1.807, 2.05) is 6.07 Å². The van der Waals surface area contributed by atoms with Gasteiger partial charge in [0, 0.05) is 42.0 Å². The number of anilines is 2. The van der Waals surface area contributed by atoms with Crippen LogP contribution >= 0.6 is 0 Å². The van der Waals surface area contributed by atoms with Crippen LogP contribution in [0.1, 0.15) is 24.0 Å². The number of halogens is 3. The first-order valence-corrected chi connectivity index (χ1v) is 9.88. The van der Waals surface area contributed by atoms with E-state index in [1.165, 1.54) is 12.1 Å². The molecule has 0 radical (unpaired) electrons. The number of rotatable bonds is 2. The van der Waals surface area contributed by atoms with E-state index in [9.17, 15) is 23.1 Å². The molecule has 31 heavy (non-hydrogen) atoms. The van der Waals surface area contributed by atoms with Gasteiger partial charge in [-0.1, -0.05) is 24.3 Å². The Morgan fingerprint density at radius 2 is 1.94 bits per heavy atom. The van der Waals surface area contributed by atoms with Crippen molar-refractivity contribution in [1.29, 1.82) is 0 Å². The quantitative estimate of drug-likeness (QED) is 0.508. The Balaban J connectivity index is 1.68. The smallest absolute Gasteiger partial charge is 0.416 e. The maximum absolute atomic E-state index is 13.2. The third-order valence-corrected chi connectivity index (χ3v) is 5.45. The number of nitrogens with zero attached hydrogens (tertiary/aromatic N) is 1. The highest BCUT2D eigenvalue weighted by atomic mass is 19.4. The van der Waals surface area contributed by atoms with Crippen molar-refractivity contribution in [2.24, 2.45) is 0 Å². The first-order chi connectivity index (χ1) is 14.7. The zero-order valence-corrected chi connectivity index (χ0v) is 16.8. The van der Waals surface area contributed by atoms with Crippen LogP contribution in [0.15, 0.2) is 60.7 Å². The largest absolute Gasteiger partial charge is 0.508 e. The lowest BCUT2D eigenvalue weighted by atomic mass is 9.98. The number of phenolic OH excluding ortho intramolecular Hbond substituents is 1. The van der Waals surface area contributed by atoms with Crippen molar-refractivity contribution in [1.82, 2.24) is 0 Å². The number of carbonyl (C=O) groups is 1. The highest BCUT2D eigenvalue weighted by Gasteiger charge is 2.32. The Bertz CT molecular complexity index is 1190. The lowest BCUT2D eigenvalue weighted by Gasteiger charge is -2.21. The van der Waals surface area contributed by atoms with Crippen molar-refractivity contribution < 1.29 is 23.1 Å². The first-order valence-electron chi connectivity index (χ1n) is 9.88. The van der Waals surface area contributed by atoms with E-state index in [0.717, 1.165) is 17.5 Å². The van der Waals surface area contributed by atoms with Gasteiger partial charge in [-0.05, 0) is 54.1 Å². The molecule has 0 atom stereocenters. The molecule has 3 aromatic rings. The second-order valence-corrected chi connectivity index (χ2v) is 7.62. The van der Waals surface area contributed by atoms with Crippen LogP contribution in [0.4, 0.5) is 24.5 Å². The summed E-state index contributed by atoms with van der Waals surface area (Å²) < 4.78 is 39.5. The Kier molecular flexibility index (Phi) is 5.35. The predicted molar refractivity (Wildman–Crippen MR) is 116 cm³/mol. The van der Waals surface area contributed by atoms with Crippen molar-refractivity contribution in [3.8, 4) is 5.75 Å². The summed E-state index contributed by atoms with van der Waals surface area (Å²) in [5.41, 5.74) is 1.61. The molecule has 3 aromatic carbocycles. The van der Waals surface area contributed by atoms with E-state index < -0.39 is 11.7 Å². The Hall–Kier alpha value is -3.48. The molecule has 4 rings (SSSR count). The van der Waals surface area contributed by atoms with Gasteiger partial charge in [0.1, 0.15) is 5.75 Å². The maximum Gasteiger partial charge on any atom is 0.416 e. The second kappa shape index (κ2) is 7.98. The van der Waals surface area contributed by atoms with Crippen LogP contribution in [0.25, 0.3) is 16.3 Å². The summed E-state index contributed by atoms with van der Waals surface area (Å²) in [6, 6.07) is 14.0. The number of amides is 1. The summed E-state index contributed by atoms with van der Waals surface area (Å²) >= 11 is 0. The van der Waals surface area contributed by atoms with Gasteiger partial charge in [0.25, 0.3) is 0 Å². The van der Waals surface area contributed by atoms with E-state index >= 15 is 0 Å². The third kappa shape index (κ3) is 4.35. The molecule has 0 spiro atoms. The molecule has 0 saturated carbocycles. The maximum atomic E-state index is 13.2. The number of aromatic hydroxyl groups is 1. The number of alkyl halides is 3. The van der Waals surface area contributed by atoms with Gasteiger partial charge in [-0.3, -0.25) is 4.79 Å². The van der Waals surface area contributed by atoms with E-state index in [4.69, 9.17) is 0 Å². The number of hydrogen-bond acceptors (Lipinski definition) is 3. The molecule has 1 heterocycles. The molecule has 7 heteroatoms. The van der Waals surface area contributed by atoms with Crippen LogP contribution in [0.5, 0.6) is 5.75 Å². The van der Waals surface area contributed by atoms with Gasteiger partial charge in [-0.15, -0.1) is 0 Å². The van der Waals surface area contributed by atoms with Crippen molar-refractivity contribution in [3.63, 3.8) is 0 Å². The van der Waals surface area contributed by atoms with Crippen LogP contribution in [-0.4, -0.2) is 24.6 Å². The summed E-state index contributed by atoms with van der Waals surface area (Å²) in [7, 11) is 1.75. The Labute approximate surface area is 177 Å². The fourth-order valence-electron chi connectivity index (χ4n) is 3.90. The van der Waals surface area contributed by atoms with E-state index in [1.54, 1.807) is 42.3 Å². The zero-order valence-electron chi connectivity index (χ0n) is 16.8. The molecule has 0 fully saturated rings. The van der Waals surface area contributed by atoms with Crippen LogP contribution in [0.3, 0.4) is 0 Å². The number of fused-ring (bicyclic) bond motifs is 2. The number of phenols is 1. The third-order valence-electron chi connectivity index (χ3n) is 5.45. The van der Waals surface area contributed by atoms with Crippen LogP contribution in [0, 0.1) is 0 Å².